The number of carbonyl (C=O) groups is 1. The smallest absolute Gasteiger partial charge is 0.241 e. The number of nitrogens with zero attached hydrogens (tertiary/aromatic N) is 2. The average Bonchev–Trinajstić information content (AvgIpc) is 2.96. The predicted molar refractivity (Wildman–Crippen MR) is 77.8 cm³/mol. The summed E-state index contributed by atoms with van der Waals surface area (Å²) in [7, 11) is 0. The van der Waals surface area contributed by atoms with Gasteiger partial charge in [-0.15, -0.1) is 0 Å². The molecule has 0 aromatic rings. The third-order valence-electron chi connectivity index (χ3n) is 4.60. The molecule has 2 fully saturated rings. The first kappa shape index (κ1) is 14.8. The number of amides is 1. The van der Waals surface area contributed by atoms with Crippen molar-refractivity contribution in [3.8, 4) is 0 Å². The zero-order valence-corrected chi connectivity index (χ0v) is 12.9. The van der Waals surface area contributed by atoms with Crippen LogP contribution in [0.3, 0.4) is 0 Å². The van der Waals surface area contributed by atoms with Gasteiger partial charge in [-0.05, 0) is 37.8 Å². The molecule has 2 aliphatic heterocycles. The Morgan fingerprint density at radius 1 is 1.37 bits per heavy atom. The molecule has 3 atom stereocenters. The van der Waals surface area contributed by atoms with Gasteiger partial charge < -0.3 is 9.80 Å². The second-order valence-corrected chi connectivity index (χ2v) is 6.35. The van der Waals surface area contributed by atoms with Crippen LogP contribution in [0.1, 0.15) is 40.5 Å². The number of carbonyl (C=O) groups excluding carboxylic acids is 1. The van der Waals surface area contributed by atoms with Crippen LogP contribution < -0.4 is 5.32 Å². The maximum absolute atomic E-state index is 12.4. The first-order chi connectivity index (χ1) is 9.06. The molecular weight excluding hydrogens is 238 g/mol. The lowest BCUT2D eigenvalue weighted by Crippen LogP contribution is -2.44. The Labute approximate surface area is 117 Å². The lowest BCUT2D eigenvalue weighted by Gasteiger charge is -2.29. The molecular formula is C15H29N3O. The fraction of sp³-hybridized carbons (Fsp3) is 0.933. The standard InChI is InChI=1S/C15H29N3O/c1-5-13-15(19)18(14(16-13)11(3)4)10-12-7-8-17(6-2)9-12/h11-14,16H,5-10H2,1-4H3. The summed E-state index contributed by atoms with van der Waals surface area (Å²) < 4.78 is 0. The quantitative estimate of drug-likeness (QED) is 0.820. The van der Waals surface area contributed by atoms with Crippen LogP contribution >= 0.6 is 0 Å². The Balaban J connectivity index is 1.98. The monoisotopic (exact) mass is 267 g/mol. The molecule has 0 aromatic heterocycles. The second-order valence-electron chi connectivity index (χ2n) is 6.35. The van der Waals surface area contributed by atoms with Crippen molar-refractivity contribution in [2.45, 2.75) is 52.7 Å². The molecule has 0 saturated carbocycles. The van der Waals surface area contributed by atoms with Gasteiger partial charge in [-0.25, -0.2) is 0 Å². The Hall–Kier alpha value is -0.610. The normalized spacial score (nSPS) is 32.8. The maximum atomic E-state index is 12.4. The van der Waals surface area contributed by atoms with Crippen LogP contribution in [0.2, 0.25) is 0 Å². The fourth-order valence-electron chi connectivity index (χ4n) is 3.38. The highest BCUT2D eigenvalue weighted by Gasteiger charge is 2.40. The Bertz CT molecular complexity index is 319. The molecule has 1 N–H and O–H groups in total. The van der Waals surface area contributed by atoms with Gasteiger partial charge in [0.15, 0.2) is 0 Å². The minimum absolute atomic E-state index is 0.0380. The molecule has 0 aromatic carbocycles. The first-order valence-electron chi connectivity index (χ1n) is 7.85. The predicted octanol–water partition coefficient (Wildman–Crippen LogP) is 1.52. The molecule has 3 unspecified atom stereocenters. The summed E-state index contributed by atoms with van der Waals surface area (Å²) in [6.07, 6.45) is 2.36. The number of nitrogens with one attached hydrogen (secondary N) is 1. The van der Waals surface area contributed by atoms with Crippen molar-refractivity contribution in [3.63, 3.8) is 0 Å². The van der Waals surface area contributed by atoms with E-state index < -0.39 is 0 Å². The Morgan fingerprint density at radius 2 is 2.11 bits per heavy atom. The van der Waals surface area contributed by atoms with E-state index in [-0.39, 0.29) is 12.2 Å². The van der Waals surface area contributed by atoms with Gasteiger partial charge >= 0.3 is 0 Å². The van der Waals surface area contributed by atoms with E-state index in [9.17, 15) is 4.79 Å². The van der Waals surface area contributed by atoms with Gasteiger partial charge in [0.1, 0.15) is 0 Å². The number of hydrogen-bond acceptors (Lipinski definition) is 3. The molecule has 0 spiro atoms. The zero-order chi connectivity index (χ0) is 14.0. The highest BCUT2D eigenvalue weighted by Crippen LogP contribution is 2.24. The summed E-state index contributed by atoms with van der Waals surface area (Å²) in [6.45, 7) is 13.1. The van der Waals surface area contributed by atoms with Crippen LogP contribution in [-0.2, 0) is 4.79 Å². The van der Waals surface area contributed by atoms with Gasteiger partial charge in [0.05, 0.1) is 12.2 Å². The molecule has 2 heterocycles. The summed E-state index contributed by atoms with van der Waals surface area (Å²) >= 11 is 0. The SMILES string of the molecule is CCC1NC(C(C)C)N(CC2CCN(CC)C2)C1=O. The maximum Gasteiger partial charge on any atom is 0.241 e. The molecule has 0 bridgehead atoms. The van der Waals surface area contributed by atoms with E-state index in [0.29, 0.717) is 17.7 Å². The van der Waals surface area contributed by atoms with Crippen LogP contribution in [0.4, 0.5) is 0 Å². The summed E-state index contributed by atoms with van der Waals surface area (Å²) in [5.74, 6) is 1.45. The fourth-order valence-corrected chi connectivity index (χ4v) is 3.38. The minimum Gasteiger partial charge on any atom is -0.325 e. The van der Waals surface area contributed by atoms with E-state index in [2.05, 4.69) is 42.8 Å². The summed E-state index contributed by atoms with van der Waals surface area (Å²) in [5, 5.41) is 3.50. The van der Waals surface area contributed by atoms with Crippen LogP contribution in [0.15, 0.2) is 0 Å². The van der Waals surface area contributed by atoms with Crippen LogP contribution in [0.5, 0.6) is 0 Å². The van der Waals surface area contributed by atoms with Gasteiger partial charge in [0.25, 0.3) is 0 Å². The van der Waals surface area contributed by atoms with Crippen molar-refractivity contribution in [1.29, 1.82) is 0 Å². The van der Waals surface area contributed by atoms with E-state index in [1.54, 1.807) is 0 Å². The molecule has 4 heteroatoms. The molecule has 110 valence electrons. The molecule has 2 saturated heterocycles. The van der Waals surface area contributed by atoms with Gasteiger partial charge in [-0.3, -0.25) is 10.1 Å². The first-order valence-corrected chi connectivity index (χ1v) is 7.85. The topological polar surface area (TPSA) is 35.6 Å². The van der Waals surface area contributed by atoms with Gasteiger partial charge in [-0.2, -0.15) is 0 Å². The van der Waals surface area contributed by atoms with E-state index in [1.807, 2.05) is 0 Å². The van der Waals surface area contributed by atoms with Crippen LogP contribution in [0.25, 0.3) is 0 Å². The second kappa shape index (κ2) is 6.23. The Morgan fingerprint density at radius 3 is 2.63 bits per heavy atom. The lowest BCUT2D eigenvalue weighted by molar-refractivity contribution is -0.131. The molecule has 2 aliphatic rings. The van der Waals surface area contributed by atoms with E-state index in [1.165, 1.54) is 13.0 Å². The number of likely N-dealkylation sites (tertiary alicyclic amines) is 1. The highest BCUT2D eigenvalue weighted by molar-refractivity contribution is 5.84. The van der Waals surface area contributed by atoms with Gasteiger partial charge in [-0.1, -0.05) is 27.7 Å². The summed E-state index contributed by atoms with van der Waals surface area (Å²) in [4.78, 5) is 17.0. The minimum atomic E-state index is 0.0380. The largest absolute Gasteiger partial charge is 0.325 e. The lowest BCUT2D eigenvalue weighted by atomic mass is 10.1. The van der Waals surface area contributed by atoms with Crippen LogP contribution in [-0.4, -0.2) is 54.1 Å². The van der Waals surface area contributed by atoms with Crippen molar-refractivity contribution in [2.75, 3.05) is 26.2 Å². The third-order valence-corrected chi connectivity index (χ3v) is 4.60. The van der Waals surface area contributed by atoms with E-state index in [0.717, 1.165) is 26.1 Å². The third kappa shape index (κ3) is 3.11. The molecule has 1 amide bonds. The van der Waals surface area contributed by atoms with E-state index in [4.69, 9.17) is 0 Å². The van der Waals surface area contributed by atoms with Crippen molar-refractivity contribution in [1.82, 2.24) is 15.1 Å². The number of rotatable bonds is 5. The van der Waals surface area contributed by atoms with E-state index >= 15 is 0 Å². The van der Waals surface area contributed by atoms with Crippen molar-refractivity contribution < 1.29 is 4.79 Å². The van der Waals surface area contributed by atoms with Crippen molar-refractivity contribution in [2.24, 2.45) is 11.8 Å². The van der Waals surface area contributed by atoms with Crippen molar-refractivity contribution >= 4 is 5.91 Å². The Kier molecular flexibility index (Phi) is 4.85. The van der Waals surface area contributed by atoms with Gasteiger partial charge in [0, 0.05) is 13.1 Å². The van der Waals surface area contributed by atoms with Crippen molar-refractivity contribution in [3.05, 3.63) is 0 Å². The molecule has 19 heavy (non-hydrogen) atoms. The molecule has 0 radical (unpaired) electrons. The van der Waals surface area contributed by atoms with Gasteiger partial charge in [0.2, 0.25) is 5.91 Å². The zero-order valence-electron chi connectivity index (χ0n) is 12.9. The average molecular weight is 267 g/mol. The summed E-state index contributed by atoms with van der Waals surface area (Å²) in [5.41, 5.74) is 0. The highest BCUT2D eigenvalue weighted by atomic mass is 16.2. The number of hydrogen-bond donors (Lipinski definition) is 1. The molecule has 0 aliphatic carbocycles. The summed E-state index contributed by atoms with van der Waals surface area (Å²) in [6, 6.07) is 0.0380. The van der Waals surface area contributed by atoms with Crippen LogP contribution in [0, 0.1) is 11.8 Å². The molecule has 4 nitrogen and oxygen atoms in total. The molecule has 2 rings (SSSR count).